The molecule has 4 rings (SSSR count). The summed E-state index contributed by atoms with van der Waals surface area (Å²) in [5.74, 6) is 0.758. The average Bonchev–Trinajstić information content (AvgIpc) is 2.68. The summed E-state index contributed by atoms with van der Waals surface area (Å²) in [5, 5.41) is 1.22. The van der Waals surface area contributed by atoms with Crippen LogP contribution in [0, 0.1) is 0 Å². The number of hydrogen-bond donors (Lipinski definition) is 0. The summed E-state index contributed by atoms with van der Waals surface area (Å²) in [6, 6.07) is 12.8. The van der Waals surface area contributed by atoms with Crippen LogP contribution in [0.2, 0.25) is 0 Å². The second-order valence-electron chi connectivity index (χ2n) is 7.04. The summed E-state index contributed by atoms with van der Waals surface area (Å²) < 4.78 is 11.8. The Morgan fingerprint density at radius 1 is 0.923 bits per heavy atom. The summed E-state index contributed by atoms with van der Waals surface area (Å²) in [6.07, 6.45) is 6.26. The number of hydrogen-bond acceptors (Lipinski definition) is 4. The quantitative estimate of drug-likeness (QED) is 0.481. The maximum absolute atomic E-state index is 12.5. The van der Waals surface area contributed by atoms with Crippen molar-refractivity contribution in [2.45, 2.75) is 32.1 Å². The lowest BCUT2D eigenvalue weighted by atomic mass is 10.1. The largest absolute Gasteiger partial charge is 0.493 e. The molecule has 4 nitrogen and oxygen atoms in total. The number of unbranched alkanes of at least 4 members (excludes halogenated alkanes) is 1. The third-order valence-corrected chi connectivity index (χ3v) is 5.14. The van der Waals surface area contributed by atoms with Gasteiger partial charge in [0.2, 0.25) is 5.43 Å². The van der Waals surface area contributed by atoms with Crippen LogP contribution in [-0.4, -0.2) is 31.1 Å². The van der Waals surface area contributed by atoms with E-state index < -0.39 is 0 Å². The van der Waals surface area contributed by atoms with Gasteiger partial charge in [-0.1, -0.05) is 18.6 Å². The first-order chi connectivity index (χ1) is 12.8. The van der Waals surface area contributed by atoms with E-state index in [2.05, 4.69) is 4.90 Å². The van der Waals surface area contributed by atoms with Crippen LogP contribution < -0.4 is 10.2 Å². The van der Waals surface area contributed by atoms with Gasteiger partial charge in [0, 0.05) is 6.07 Å². The molecule has 0 aliphatic carbocycles. The van der Waals surface area contributed by atoms with Crippen molar-refractivity contribution < 1.29 is 9.15 Å². The highest BCUT2D eigenvalue weighted by Crippen LogP contribution is 2.23. The van der Waals surface area contributed by atoms with Gasteiger partial charge in [0.05, 0.1) is 17.4 Å². The van der Waals surface area contributed by atoms with Crippen molar-refractivity contribution in [1.29, 1.82) is 0 Å². The highest BCUT2D eigenvalue weighted by Gasteiger charge is 2.10. The summed E-state index contributed by atoms with van der Waals surface area (Å²) in [6.45, 7) is 4.36. The molecule has 136 valence electrons. The van der Waals surface area contributed by atoms with Gasteiger partial charge in [-0.25, -0.2) is 0 Å². The first-order valence-corrected chi connectivity index (χ1v) is 9.62. The van der Waals surface area contributed by atoms with Crippen LogP contribution in [0.15, 0.2) is 51.7 Å². The van der Waals surface area contributed by atoms with E-state index in [4.69, 9.17) is 9.15 Å². The van der Waals surface area contributed by atoms with Crippen molar-refractivity contribution in [2.75, 3.05) is 26.2 Å². The lowest BCUT2D eigenvalue weighted by molar-refractivity contribution is 0.216. The van der Waals surface area contributed by atoms with Crippen LogP contribution in [0.5, 0.6) is 5.75 Å². The minimum Gasteiger partial charge on any atom is -0.493 e. The molecule has 1 fully saturated rings. The molecule has 0 atom stereocenters. The van der Waals surface area contributed by atoms with E-state index in [0.717, 1.165) is 18.6 Å². The first-order valence-electron chi connectivity index (χ1n) is 9.62. The van der Waals surface area contributed by atoms with Crippen LogP contribution in [0.1, 0.15) is 32.1 Å². The van der Waals surface area contributed by atoms with Gasteiger partial charge in [0.1, 0.15) is 16.9 Å². The Morgan fingerprint density at radius 3 is 2.62 bits per heavy atom. The zero-order valence-corrected chi connectivity index (χ0v) is 15.1. The molecule has 0 spiro atoms. The fraction of sp³-hybridized carbons (Fsp3) is 0.409. The third kappa shape index (κ3) is 3.75. The second kappa shape index (κ2) is 7.92. The molecule has 1 aromatic heterocycles. The van der Waals surface area contributed by atoms with Gasteiger partial charge in [-0.2, -0.15) is 0 Å². The van der Waals surface area contributed by atoms with Crippen molar-refractivity contribution in [3.63, 3.8) is 0 Å². The van der Waals surface area contributed by atoms with E-state index in [1.807, 2.05) is 30.3 Å². The summed E-state index contributed by atoms with van der Waals surface area (Å²) >= 11 is 0. The molecule has 0 N–H and O–H groups in total. The van der Waals surface area contributed by atoms with Crippen molar-refractivity contribution in [3.8, 4) is 5.75 Å². The number of piperidine rings is 1. The van der Waals surface area contributed by atoms with Gasteiger partial charge in [-0.15, -0.1) is 0 Å². The number of benzene rings is 2. The molecule has 0 amide bonds. The van der Waals surface area contributed by atoms with Gasteiger partial charge in [-0.05, 0) is 69.6 Å². The molecule has 3 aromatic rings. The smallest absolute Gasteiger partial charge is 0.200 e. The minimum absolute atomic E-state index is 0.00920. The molecular weight excluding hydrogens is 326 g/mol. The molecule has 1 aliphatic heterocycles. The van der Waals surface area contributed by atoms with Crippen LogP contribution in [0.3, 0.4) is 0 Å². The maximum atomic E-state index is 12.5. The summed E-state index contributed by atoms with van der Waals surface area (Å²) in [5.41, 5.74) is 1.21. The Labute approximate surface area is 153 Å². The number of ether oxygens (including phenoxy) is 1. The van der Waals surface area contributed by atoms with Crippen molar-refractivity contribution in [3.05, 3.63) is 52.7 Å². The van der Waals surface area contributed by atoms with Gasteiger partial charge in [-0.3, -0.25) is 4.79 Å². The molecule has 4 heteroatoms. The Morgan fingerprint density at radius 2 is 1.73 bits per heavy atom. The monoisotopic (exact) mass is 351 g/mol. The van der Waals surface area contributed by atoms with Crippen LogP contribution >= 0.6 is 0 Å². The fourth-order valence-corrected chi connectivity index (χ4v) is 3.68. The highest BCUT2D eigenvalue weighted by atomic mass is 16.5. The molecule has 26 heavy (non-hydrogen) atoms. The van der Waals surface area contributed by atoms with Crippen LogP contribution in [0.4, 0.5) is 0 Å². The average molecular weight is 351 g/mol. The van der Waals surface area contributed by atoms with Gasteiger partial charge >= 0.3 is 0 Å². The zero-order chi connectivity index (χ0) is 17.8. The molecule has 1 saturated heterocycles. The third-order valence-electron chi connectivity index (χ3n) is 5.14. The zero-order valence-electron chi connectivity index (χ0n) is 15.1. The van der Waals surface area contributed by atoms with Crippen LogP contribution in [0.25, 0.3) is 21.9 Å². The first kappa shape index (κ1) is 17.1. The second-order valence-corrected chi connectivity index (χ2v) is 7.04. The Balaban J connectivity index is 1.38. The Bertz CT molecular complexity index is 941. The lowest BCUT2D eigenvalue weighted by Crippen LogP contribution is -2.30. The summed E-state index contributed by atoms with van der Waals surface area (Å²) in [4.78, 5) is 15.1. The van der Waals surface area contributed by atoms with Crippen molar-refractivity contribution in [1.82, 2.24) is 4.90 Å². The topological polar surface area (TPSA) is 42.7 Å². The number of nitrogens with zero attached hydrogens (tertiary/aromatic N) is 1. The summed E-state index contributed by atoms with van der Waals surface area (Å²) in [7, 11) is 0. The maximum Gasteiger partial charge on any atom is 0.200 e. The van der Waals surface area contributed by atoms with Gasteiger partial charge < -0.3 is 14.1 Å². The predicted molar refractivity (Wildman–Crippen MR) is 105 cm³/mol. The van der Waals surface area contributed by atoms with Gasteiger partial charge in [0.25, 0.3) is 0 Å². The van der Waals surface area contributed by atoms with E-state index in [1.165, 1.54) is 38.9 Å². The number of likely N-dealkylation sites (tertiary alicyclic amines) is 1. The molecule has 0 unspecified atom stereocenters. The Hall–Kier alpha value is -2.33. The van der Waals surface area contributed by atoms with Crippen LogP contribution in [-0.2, 0) is 0 Å². The molecule has 2 heterocycles. The van der Waals surface area contributed by atoms with E-state index in [-0.39, 0.29) is 5.43 Å². The molecule has 0 saturated carbocycles. The molecule has 0 radical (unpaired) electrons. The van der Waals surface area contributed by atoms with E-state index in [9.17, 15) is 4.79 Å². The molecule has 1 aliphatic rings. The van der Waals surface area contributed by atoms with E-state index in [1.54, 1.807) is 12.1 Å². The molecule has 0 bridgehead atoms. The number of fused-ring (bicyclic) bond motifs is 2. The molecule has 2 aromatic carbocycles. The SMILES string of the molecule is O=c1c2ccccc2oc2cc(OCCCCN3CCCCC3)ccc12. The lowest BCUT2D eigenvalue weighted by Gasteiger charge is -2.26. The van der Waals surface area contributed by atoms with Crippen molar-refractivity contribution >= 4 is 21.9 Å². The minimum atomic E-state index is 0.00920. The predicted octanol–water partition coefficient (Wildman–Crippen LogP) is 4.59. The normalized spacial score (nSPS) is 15.5. The highest BCUT2D eigenvalue weighted by molar-refractivity contribution is 5.90. The van der Waals surface area contributed by atoms with E-state index in [0.29, 0.717) is 28.5 Å². The van der Waals surface area contributed by atoms with E-state index >= 15 is 0 Å². The van der Waals surface area contributed by atoms with Gasteiger partial charge in [0.15, 0.2) is 0 Å². The van der Waals surface area contributed by atoms with Crippen molar-refractivity contribution in [2.24, 2.45) is 0 Å². The number of para-hydroxylation sites is 1. The molecular formula is C22H25NO3. The fourth-order valence-electron chi connectivity index (χ4n) is 3.68. The Kier molecular flexibility index (Phi) is 5.21. The standard InChI is InChI=1S/C22H25NO3/c24-22-18-8-2-3-9-20(18)26-21-16-17(10-11-19(21)22)25-15-7-6-14-23-12-4-1-5-13-23/h2-3,8-11,16H,1,4-7,12-15H2. The number of rotatable bonds is 6.